The number of hydrogen-bond donors (Lipinski definition) is 0. The maximum absolute atomic E-state index is 12.4. The normalized spacial score (nSPS) is 17.0. The Balaban J connectivity index is 1.53. The minimum Gasteiger partial charge on any atom is -0.482 e. The van der Waals surface area contributed by atoms with Crippen molar-refractivity contribution in [2.45, 2.75) is 18.9 Å². The van der Waals surface area contributed by atoms with Crippen LogP contribution in [0.4, 0.5) is 0 Å². The molecule has 0 aliphatic carbocycles. The summed E-state index contributed by atoms with van der Waals surface area (Å²) in [7, 11) is 0. The summed E-state index contributed by atoms with van der Waals surface area (Å²) in [5.74, 6) is 0.283. The number of carbonyl (C=O) groups is 1. The van der Waals surface area contributed by atoms with E-state index in [0.717, 1.165) is 12.8 Å². The van der Waals surface area contributed by atoms with Crippen LogP contribution in [0.1, 0.15) is 12.8 Å². The molecule has 1 aromatic heterocycles. The van der Waals surface area contributed by atoms with Gasteiger partial charge in [-0.1, -0.05) is 34.8 Å². The molecule has 0 unspecified atom stereocenters. The van der Waals surface area contributed by atoms with Gasteiger partial charge in [0.05, 0.1) is 29.0 Å². The maximum atomic E-state index is 12.4. The van der Waals surface area contributed by atoms with Gasteiger partial charge in [0.1, 0.15) is 11.9 Å². The summed E-state index contributed by atoms with van der Waals surface area (Å²) in [6, 6.07) is 5.11. The summed E-state index contributed by atoms with van der Waals surface area (Å²) in [6.07, 6.45) is 4.41. The zero-order valence-electron chi connectivity index (χ0n) is 13.7. The Labute approximate surface area is 166 Å². The second kappa shape index (κ2) is 8.75. The van der Waals surface area contributed by atoms with Crippen LogP contribution >= 0.6 is 34.8 Å². The van der Waals surface area contributed by atoms with Crippen molar-refractivity contribution in [2.75, 3.05) is 19.7 Å². The Hall–Kier alpha value is -1.76. The second-order valence-corrected chi connectivity index (χ2v) is 7.05. The molecule has 0 saturated carbocycles. The number of amides is 1. The fourth-order valence-corrected chi connectivity index (χ4v) is 3.15. The van der Waals surface area contributed by atoms with Gasteiger partial charge in [0.15, 0.2) is 6.61 Å². The molecular weight excluding hydrogens is 401 g/mol. The predicted molar refractivity (Wildman–Crippen MR) is 99.2 cm³/mol. The molecule has 2 aromatic rings. The lowest BCUT2D eigenvalue weighted by Gasteiger charge is -2.32. The quantitative estimate of drug-likeness (QED) is 0.740. The summed E-state index contributed by atoms with van der Waals surface area (Å²) in [5, 5.41) is 1.31. The van der Waals surface area contributed by atoms with Gasteiger partial charge in [-0.05, 0) is 31.0 Å². The van der Waals surface area contributed by atoms with E-state index in [9.17, 15) is 4.79 Å². The van der Waals surface area contributed by atoms with E-state index < -0.39 is 0 Å². The molecule has 0 radical (unpaired) electrons. The highest BCUT2D eigenvalue weighted by molar-refractivity contribution is 6.35. The van der Waals surface area contributed by atoms with Crippen LogP contribution in [-0.4, -0.2) is 46.6 Å². The molecule has 0 N–H and O–H groups in total. The number of piperidine rings is 1. The molecule has 6 nitrogen and oxygen atoms in total. The average molecular weight is 417 g/mol. The molecule has 1 atom stereocenters. The molecule has 1 aliphatic heterocycles. The highest BCUT2D eigenvalue weighted by atomic mass is 35.5. The number of benzene rings is 1. The van der Waals surface area contributed by atoms with E-state index in [0.29, 0.717) is 33.9 Å². The molecule has 0 bridgehead atoms. The van der Waals surface area contributed by atoms with Crippen molar-refractivity contribution in [1.29, 1.82) is 0 Å². The second-order valence-electron chi connectivity index (χ2n) is 5.77. The zero-order chi connectivity index (χ0) is 18.5. The van der Waals surface area contributed by atoms with E-state index in [2.05, 4.69) is 9.97 Å². The summed E-state index contributed by atoms with van der Waals surface area (Å²) in [4.78, 5) is 22.2. The van der Waals surface area contributed by atoms with E-state index in [1.807, 2.05) is 0 Å². The maximum Gasteiger partial charge on any atom is 0.316 e. The molecule has 9 heteroatoms. The lowest BCUT2D eigenvalue weighted by Crippen LogP contribution is -2.46. The van der Waals surface area contributed by atoms with E-state index >= 15 is 0 Å². The molecule has 1 amide bonds. The zero-order valence-corrected chi connectivity index (χ0v) is 16.0. The minimum atomic E-state index is -0.173. The first kappa shape index (κ1) is 19.0. The van der Waals surface area contributed by atoms with Crippen molar-refractivity contribution in [3.63, 3.8) is 0 Å². The Morgan fingerprint density at radius 1 is 1.19 bits per heavy atom. The Bertz CT molecular complexity index is 774. The third-order valence-corrected chi connectivity index (χ3v) is 4.57. The fraction of sp³-hybridized carbons (Fsp3) is 0.353. The molecule has 2 heterocycles. The lowest BCUT2D eigenvalue weighted by atomic mass is 10.1. The third kappa shape index (κ3) is 5.13. The number of carbonyl (C=O) groups excluding carboxylic acids is 1. The molecular formula is C17H16Cl3N3O3. The van der Waals surface area contributed by atoms with Crippen LogP contribution in [0.25, 0.3) is 0 Å². The van der Waals surface area contributed by atoms with Crippen molar-refractivity contribution in [2.24, 2.45) is 0 Å². The van der Waals surface area contributed by atoms with Crippen LogP contribution < -0.4 is 9.47 Å². The molecule has 3 rings (SSSR count). The van der Waals surface area contributed by atoms with Gasteiger partial charge in [0.25, 0.3) is 5.91 Å². The van der Waals surface area contributed by atoms with Crippen LogP contribution in [0.3, 0.4) is 0 Å². The van der Waals surface area contributed by atoms with E-state index in [1.165, 1.54) is 12.4 Å². The van der Waals surface area contributed by atoms with Crippen LogP contribution in [0.5, 0.6) is 11.8 Å². The first-order chi connectivity index (χ1) is 12.5. The monoisotopic (exact) mass is 415 g/mol. The van der Waals surface area contributed by atoms with Crippen molar-refractivity contribution in [3.05, 3.63) is 45.7 Å². The third-order valence-electron chi connectivity index (χ3n) is 3.84. The lowest BCUT2D eigenvalue weighted by molar-refractivity contribution is -0.136. The van der Waals surface area contributed by atoms with Crippen molar-refractivity contribution in [3.8, 4) is 11.8 Å². The van der Waals surface area contributed by atoms with Gasteiger partial charge in [0.2, 0.25) is 0 Å². The highest BCUT2D eigenvalue weighted by Crippen LogP contribution is 2.27. The number of aromatic nitrogens is 2. The number of hydrogen-bond acceptors (Lipinski definition) is 5. The standard InChI is InChI=1S/C17H16Cl3N3O3/c18-11-3-4-15(14(20)6-11)25-10-16(24)23-5-1-2-13(9-23)26-17-21-7-12(19)8-22-17/h3-4,6-8,13H,1-2,5,9-10H2/t13-/m1/s1. The number of rotatable bonds is 5. The SMILES string of the molecule is O=C(COc1ccc(Cl)cc1Cl)N1CCC[C@@H](Oc2ncc(Cl)cn2)C1. The van der Waals surface area contributed by atoms with Gasteiger partial charge < -0.3 is 14.4 Å². The minimum absolute atomic E-state index is 0.106. The van der Waals surface area contributed by atoms with Crippen LogP contribution in [-0.2, 0) is 4.79 Å². The van der Waals surface area contributed by atoms with E-state index in [1.54, 1.807) is 23.1 Å². The van der Waals surface area contributed by atoms with Crippen LogP contribution in [0, 0.1) is 0 Å². The van der Waals surface area contributed by atoms with Gasteiger partial charge in [-0.25, -0.2) is 9.97 Å². The first-order valence-corrected chi connectivity index (χ1v) is 9.14. The predicted octanol–water partition coefficient (Wildman–Crippen LogP) is 3.89. The summed E-state index contributed by atoms with van der Waals surface area (Å²) >= 11 is 17.7. The Morgan fingerprint density at radius 3 is 2.69 bits per heavy atom. The summed E-state index contributed by atoms with van der Waals surface area (Å²) < 4.78 is 11.2. The van der Waals surface area contributed by atoms with Gasteiger partial charge in [-0.15, -0.1) is 0 Å². The topological polar surface area (TPSA) is 64.5 Å². The Kier molecular flexibility index (Phi) is 6.40. The fourth-order valence-electron chi connectivity index (χ4n) is 2.59. The molecule has 1 aromatic carbocycles. The first-order valence-electron chi connectivity index (χ1n) is 8.01. The Morgan fingerprint density at radius 2 is 1.96 bits per heavy atom. The van der Waals surface area contributed by atoms with Gasteiger partial charge in [0, 0.05) is 11.6 Å². The molecule has 26 heavy (non-hydrogen) atoms. The average Bonchev–Trinajstić information content (AvgIpc) is 2.63. The molecule has 1 saturated heterocycles. The van der Waals surface area contributed by atoms with Gasteiger partial charge in [-0.3, -0.25) is 4.79 Å². The summed E-state index contributed by atoms with van der Waals surface area (Å²) in [6.45, 7) is 0.992. The number of ether oxygens (including phenoxy) is 2. The summed E-state index contributed by atoms with van der Waals surface area (Å²) in [5.41, 5.74) is 0. The van der Waals surface area contributed by atoms with Crippen molar-refractivity contribution in [1.82, 2.24) is 14.9 Å². The van der Waals surface area contributed by atoms with E-state index in [4.69, 9.17) is 44.3 Å². The molecule has 138 valence electrons. The highest BCUT2D eigenvalue weighted by Gasteiger charge is 2.26. The smallest absolute Gasteiger partial charge is 0.316 e. The van der Waals surface area contributed by atoms with Crippen molar-refractivity contribution >= 4 is 40.7 Å². The van der Waals surface area contributed by atoms with Crippen LogP contribution in [0.15, 0.2) is 30.6 Å². The van der Waals surface area contributed by atoms with Gasteiger partial charge in [-0.2, -0.15) is 0 Å². The molecule has 0 spiro atoms. The molecule has 1 fully saturated rings. The van der Waals surface area contributed by atoms with Gasteiger partial charge >= 0.3 is 6.01 Å². The number of nitrogens with zero attached hydrogens (tertiary/aromatic N) is 3. The number of halogens is 3. The number of likely N-dealkylation sites (tertiary alicyclic amines) is 1. The van der Waals surface area contributed by atoms with E-state index in [-0.39, 0.29) is 24.6 Å². The molecule has 1 aliphatic rings. The van der Waals surface area contributed by atoms with Crippen molar-refractivity contribution < 1.29 is 14.3 Å². The largest absolute Gasteiger partial charge is 0.482 e. The van der Waals surface area contributed by atoms with Crippen LogP contribution in [0.2, 0.25) is 15.1 Å².